The molecule has 1 atom stereocenters. The lowest BCUT2D eigenvalue weighted by atomic mass is 10.1. The fourth-order valence-corrected chi connectivity index (χ4v) is 4.04. The van der Waals surface area contributed by atoms with Gasteiger partial charge in [-0.05, 0) is 57.9 Å². The van der Waals surface area contributed by atoms with Crippen LogP contribution in [0.4, 0.5) is 0 Å². The standard InChI is InChI=1S/C23H28N4O4/c1-4-29-18-14-16(15-19(30-5-2)21(18)31-6-3)23(28)26-13-9-10-17(26)22-25-24-20-11-7-8-12-27(20)22/h7-8,11-12,14-15,17H,4-6,9-10,13H2,1-3H3/t17-/m1/s1. The van der Waals surface area contributed by atoms with Crippen molar-refractivity contribution in [3.63, 3.8) is 0 Å². The molecule has 0 radical (unpaired) electrons. The van der Waals surface area contributed by atoms with Crippen molar-refractivity contribution in [1.82, 2.24) is 19.5 Å². The van der Waals surface area contributed by atoms with Gasteiger partial charge in [0.1, 0.15) is 0 Å². The molecule has 1 aromatic carbocycles. The van der Waals surface area contributed by atoms with Crippen LogP contribution in [0.2, 0.25) is 0 Å². The van der Waals surface area contributed by atoms with Crippen molar-refractivity contribution in [3.05, 3.63) is 47.9 Å². The van der Waals surface area contributed by atoms with E-state index in [1.165, 1.54) is 0 Å². The zero-order valence-electron chi connectivity index (χ0n) is 18.2. The zero-order chi connectivity index (χ0) is 21.8. The molecule has 164 valence electrons. The van der Waals surface area contributed by atoms with Gasteiger partial charge in [-0.1, -0.05) is 6.07 Å². The van der Waals surface area contributed by atoms with Gasteiger partial charge >= 0.3 is 0 Å². The summed E-state index contributed by atoms with van der Waals surface area (Å²) in [5.41, 5.74) is 1.28. The summed E-state index contributed by atoms with van der Waals surface area (Å²) in [4.78, 5) is 15.5. The van der Waals surface area contributed by atoms with E-state index < -0.39 is 0 Å². The molecule has 3 aromatic rings. The lowest BCUT2D eigenvalue weighted by molar-refractivity contribution is 0.0728. The number of fused-ring (bicyclic) bond motifs is 1. The van der Waals surface area contributed by atoms with E-state index in [4.69, 9.17) is 14.2 Å². The van der Waals surface area contributed by atoms with Crippen LogP contribution in [0.3, 0.4) is 0 Å². The third kappa shape index (κ3) is 4.02. The number of carbonyl (C=O) groups is 1. The van der Waals surface area contributed by atoms with Gasteiger partial charge in [-0.15, -0.1) is 10.2 Å². The molecule has 1 saturated heterocycles. The summed E-state index contributed by atoms with van der Waals surface area (Å²) in [6.07, 6.45) is 3.68. The number of likely N-dealkylation sites (tertiary alicyclic amines) is 1. The number of ether oxygens (including phenoxy) is 3. The Balaban J connectivity index is 1.70. The first kappa shape index (κ1) is 21.0. The maximum atomic E-state index is 13.6. The molecule has 0 unspecified atom stereocenters. The largest absolute Gasteiger partial charge is 0.490 e. The molecule has 31 heavy (non-hydrogen) atoms. The van der Waals surface area contributed by atoms with Crippen molar-refractivity contribution in [2.75, 3.05) is 26.4 Å². The summed E-state index contributed by atoms with van der Waals surface area (Å²) in [6, 6.07) is 9.13. The summed E-state index contributed by atoms with van der Waals surface area (Å²) in [6.45, 7) is 7.76. The monoisotopic (exact) mass is 424 g/mol. The molecule has 0 bridgehead atoms. The van der Waals surface area contributed by atoms with E-state index in [9.17, 15) is 4.79 Å². The number of rotatable bonds is 8. The van der Waals surface area contributed by atoms with Gasteiger partial charge in [0.05, 0.1) is 25.9 Å². The van der Waals surface area contributed by atoms with Crippen LogP contribution < -0.4 is 14.2 Å². The van der Waals surface area contributed by atoms with Crippen molar-refractivity contribution >= 4 is 11.6 Å². The van der Waals surface area contributed by atoms with Crippen molar-refractivity contribution in [2.45, 2.75) is 39.7 Å². The minimum atomic E-state index is -0.137. The molecule has 1 fully saturated rings. The molecule has 0 spiro atoms. The molecule has 1 aliphatic heterocycles. The number of hydrogen-bond acceptors (Lipinski definition) is 6. The lowest BCUT2D eigenvalue weighted by Gasteiger charge is -2.24. The first-order valence-corrected chi connectivity index (χ1v) is 10.8. The smallest absolute Gasteiger partial charge is 0.254 e. The Bertz CT molecular complexity index is 1040. The van der Waals surface area contributed by atoms with E-state index in [0.717, 1.165) is 24.3 Å². The van der Waals surface area contributed by atoms with E-state index in [0.29, 0.717) is 49.2 Å². The van der Waals surface area contributed by atoms with Crippen LogP contribution in [0.15, 0.2) is 36.5 Å². The van der Waals surface area contributed by atoms with E-state index in [-0.39, 0.29) is 11.9 Å². The maximum absolute atomic E-state index is 13.6. The van der Waals surface area contributed by atoms with Crippen LogP contribution >= 0.6 is 0 Å². The van der Waals surface area contributed by atoms with Gasteiger partial charge in [0.15, 0.2) is 23.0 Å². The van der Waals surface area contributed by atoms with Crippen molar-refractivity contribution in [3.8, 4) is 17.2 Å². The highest BCUT2D eigenvalue weighted by Crippen LogP contribution is 2.40. The average Bonchev–Trinajstić information content (AvgIpc) is 3.42. The van der Waals surface area contributed by atoms with Crippen LogP contribution in [0, 0.1) is 0 Å². The quantitative estimate of drug-likeness (QED) is 0.546. The Kier molecular flexibility index (Phi) is 6.25. The summed E-state index contributed by atoms with van der Waals surface area (Å²) < 4.78 is 19.3. The van der Waals surface area contributed by atoms with E-state index >= 15 is 0 Å². The summed E-state index contributed by atoms with van der Waals surface area (Å²) >= 11 is 0. The highest BCUT2D eigenvalue weighted by Gasteiger charge is 2.34. The number of pyridine rings is 1. The van der Waals surface area contributed by atoms with Gasteiger partial charge in [0, 0.05) is 18.3 Å². The average molecular weight is 425 g/mol. The molecule has 4 rings (SSSR count). The molecule has 2 aromatic heterocycles. The van der Waals surface area contributed by atoms with Crippen molar-refractivity contribution < 1.29 is 19.0 Å². The van der Waals surface area contributed by atoms with Crippen LogP contribution in [0.5, 0.6) is 17.2 Å². The van der Waals surface area contributed by atoms with Crippen LogP contribution in [0.25, 0.3) is 5.65 Å². The third-order valence-electron chi connectivity index (χ3n) is 5.31. The summed E-state index contributed by atoms with van der Waals surface area (Å²) in [7, 11) is 0. The fourth-order valence-electron chi connectivity index (χ4n) is 4.04. The van der Waals surface area contributed by atoms with Crippen LogP contribution in [-0.2, 0) is 0 Å². The van der Waals surface area contributed by atoms with E-state index in [2.05, 4.69) is 10.2 Å². The number of aromatic nitrogens is 3. The molecular weight excluding hydrogens is 396 g/mol. The first-order valence-electron chi connectivity index (χ1n) is 10.8. The molecule has 8 heteroatoms. The van der Waals surface area contributed by atoms with Gasteiger partial charge in [-0.25, -0.2) is 0 Å². The van der Waals surface area contributed by atoms with Crippen molar-refractivity contribution in [2.24, 2.45) is 0 Å². The van der Waals surface area contributed by atoms with Crippen LogP contribution in [0.1, 0.15) is 55.8 Å². The SMILES string of the molecule is CCOc1cc(C(=O)N2CCC[C@@H]2c2nnc3ccccn23)cc(OCC)c1OCC. The van der Waals surface area contributed by atoms with Gasteiger partial charge in [-0.3, -0.25) is 9.20 Å². The highest BCUT2D eigenvalue weighted by atomic mass is 16.5. The number of nitrogens with zero attached hydrogens (tertiary/aromatic N) is 4. The van der Waals surface area contributed by atoms with Crippen molar-refractivity contribution in [1.29, 1.82) is 0 Å². The Hall–Kier alpha value is -3.29. The predicted octanol–water partition coefficient (Wildman–Crippen LogP) is 3.90. The predicted molar refractivity (Wildman–Crippen MR) is 116 cm³/mol. The molecular formula is C23H28N4O4. The van der Waals surface area contributed by atoms with Gasteiger partial charge in [-0.2, -0.15) is 0 Å². The Morgan fingerprint density at radius 3 is 2.42 bits per heavy atom. The topological polar surface area (TPSA) is 78.2 Å². The second kappa shape index (κ2) is 9.24. The summed E-state index contributed by atoms with van der Waals surface area (Å²) in [5, 5.41) is 8.64. The van der Waals surface area contributed by atoms with Gasteiger partial charge in [0.25, 0.3) is 5.91 Å². The lowest BCUT2D eigenvalue weighted by Crippen LogP contribution is -2.31. The zero-order valence-corrected chi connectivity index (χ0v) is 18.2. The normalized spacial score (nSPS) is 16.0. The Morgan fingerprint density at radius 1 is 1.03 bits per heavy atom. The highest BCUT2D eigenvalue weighted by molar-refractivity contribution is 5.96. The first-order chi connectivity index (χ1) is 15.2. The number of benzene rings is 1. The second-order valence-electron chi connectivity index (χ2n) is 7.24. The third-order valence-corrected chi connectivity index (χ3v) is 5.31. The van der Waals surface area contributed by atoms with Crippen LogP contribution in [-0.4, -0.2) is 51.8 Å². The number of hydrogen-bond donors (Lipinski definition) is 0. The number of amides is 1. The Labute approximate surface area is 181 Å². The molecule has 3 heterocycles. The molecule has 0 aliphatic carbocycles. The molecule has 1 aliphatic rings. The molecule has 0 N–H and O–H groups in total. The van der Waals surface area contributed by atoms with E-state index in [1.807, 2.05) is 54.5 Å². The molecule has 1 amide bonds. The molecule has 0 saturated carbocycles. The van der Waals surface area contributed by atoms with Gasteiger partial charge < -0.3 is 19.1 Å². The molecule has 8 nitrogen and oxygen atoms in total. The van der Waals surface area contributed by atoms with Gasteiger partial charge in [0.2, 0.25) is 5.75 Å². The van der Waals surface area contributed by atoms with E-state index in [1.54, 1.807) is 12.1 Å². The maximum Gasteiger partial charge on any atom is 0.254 e. The number of carbonyl (C=O) groups excluding carboxylic acids is 1. The fraction of sp³-hybridized carbons (Fsp3) is 0.435. The Morgan fingerprint density at radius 2 is 1.74 bits per heavy atom. The second-order valence-corrected chi connectivity index (χ2v) is 7.24. The summed E-state index contributed by atoms with van der Waals surface area (Å²) in [5.74, 6) is 2.26. The minimum absolute atomic E-state index is 0.0832. The minimum Gasteiger partial charge on any atom is -0.490 e.